The highest BCUT2D eigenvalue weighted by Crippen LogP contribution is 2.29. The summed E-state index contributed by atoms with van der Waals surface area (Å²) < 4.78 is 0. The van der Waals surface area contributed by atoms with Crippen LogP contribution in [0.15, 0.2) is 18.3 Å². The molecule has 0 bridgehead atoms. The van der Waals surface area contributed by atoms with E-state index in [0.29, 0.717) is 5.02 Å². The van der Waals surface area contributed by atoms with Gasteiger partial charge in [0, 0.05) is 17.5 Å². The Kier molecular flexibility index (Phi) is 4.01. The number of hydrogen-bond acceptors (Lipinski definition) is 1. The van der Waals surface area contributed by atoms with E-state index in [2.05, 4.69) is 11.9 Å². The maximum Gasteiger partial charge on any atom is 0.0634 e. The van der Waals surface area contributed by atoms with Crippen LogP contribution in [-0.4, -0.2) is 10.4 Å². The van der Waals surface area contributed by atoms with Gasteiger partial charge in [-0.3, -0.25) is 4.98 Å². The standard InChI is InChI=1S/C10H13Cl2N/c1-3-8(7(2)11)10-9(12)5-4-6-13-10/h4-8H,3H2,1-2H3. The summed E-state index contributed by atoms with van der Waals surface area (Å²) in [6.07, 6.45) is 2.71. The van der Waals surface area contributed by atoms with Gasteiger partial charge in [-0.05, 0) is 25.5 Å². The van der Waals surface area contributed by atoms with Crippen molar-refractivity contribution in [2.45, 2.75) is 31.6 Å². The molecule has 0 fully saturated rings. The van der Waals surface area contributed by atoms with Gasteiger partial charge in [0.1, 0.15) is 0 Å². The second-order valence-corrected chi connectivity index (χ2v) is 4.16. The van der Waals surface area contributed by atoms with Crippen LogP contribution in [0.4, 0.5) is 0 Å². The number of nitrogens with zero attached hydrogens (tertiary/aromatic N) is 1. The molecule has 0 saturated heterocycles. The molecule has 13 heavy (non-hydrogen) atoms. The van der Waals surface area contributed by atoms with Crippen molar-refractivity contribution in [1.82, 2.24) is 4.98 Å². The third-order valence-corrected chi connectivity index (χ3v) is 2.76. The average Bonchev–Trinajstić information content (AvgIpc) is 2.09. The van der Waals surface area contributed by atoms with Crippen molar-refractivity contribution < 1.29 is 0 Å². The molecule has 0 amide bonds. The number of alkyl halides is 1. The molecule has 1 aromatic heterocycles. The fraction of sp³-hybridized carbons (Fsp3) is 0.500. The Morgan fingerprint density at radius 3 is 2.69 bits per heavy atom. The lowest BCUT2D eigenvalue weighted by Gasteiger charge is -2.17. The minimum absolute atomic E-state index is 0.0670. The Hall–Kier alpha value is -0.270. The van der Waals surface area contributed by atoms with E-state index in [-0.39, 0.29) is 11.3 Å². The van der Waals surface area contributed by atoms with Gasteiger partial charge < -0.3 is 0 Å². The van der Waals surface area contributed by atoms with E-state index < -0.39 is 0 Å². The first kappa shape index (κ1) is 10.8. The summed E-state index contributed by atoms with van der Waals surface area (Å²) in [4.78, 5) is 4.25. The SMILES string of the molecule is CCC(c1ncccc1Cl)C(C)Cl. The van der Waals surface area contributed by atoms with Gasteiger partial charge in [-0.15, -0.1) is 11.6 Å². The lowest BCUT2D eigenvalue weighted by molar-refractivity contribution is 0.631. The fourth-order valence-corrected chi connectivity index (χ4v) is 1.97. The zero-order chi connectivity index (χ0) is 9.84. The molecule has 0 aliphatic heterocycles. The summed E-state index contributed by atoms with van der Waals surface area (Å²) in [5, 5.41) is 0.777. The van der Waals surface area contributed by atoms with Crippen LogP contribution in [0.3, 0.4) is 0 Å². The van der Waals surface area contributed by atoms with Crippen molar-refractivity contribution in [3.63, 3.8) is 0 Å². The van der Waals surface area contributed by atoms with E-state index in [1.165, 1.54) is 0 Å². The van der Waals surface area contributed by atoms with E-state index in [1.807, 2.05) is 19.1 Å². The van der Waals surface area contributed by atoms with Crippen LogP contribution in [0.1, 0.15) is 31.9 Å². The highest BCUT2D eigenvalue weighted by Gasteiger charge is 2.18. The Balaban J connectivity index is 2.97. The van der Waals surface area contributed by atoms with Gasteiger partial charge in [-0.2, -0.15) is 0 Å². The molecule has 1 nitrogen and oxygen atoms in total. The van der Waals surface area contributed by atoms with Crippen LogP contribution in [0.25, 0.3) is 0 Å². The zero-order valence-corrected chi connectivity index (χ0v) is 9.31. The molecule has 2 unspecified atom stereocenters. The van der Waals surface area contributed by atoms with E-state index in [0.717, 1.165) is 12.1 Å². The van der Waals surface area contributed by atoms with Gasteiger partial charge in [-0.25, -0.2) is 0 Å². The molecule has 0 aliphatic carbocycles. The Labute approximate surface area is 89.1 Å². The minimum atomic E-state index is 0.0670. The summed E-state index contributed by atoms with van der Waals surface area (Å²) in [6, 6.07) is 3.68. The average molecular weight is 218 g/mol. The van der Waals surface area contributed by atoms with Crippen molar-refractivity contribution in [2.75, 3.05) is 0 Å². The van der Waals surface area contributed by atoms with Gasteiger partial charge in [0.2, 0.25) is 0 Å². The van der Waals surface area contributed by atoms with E-state index in [9.17, 15) is 0 Å². The maximum absolute atomic E-state index is 6.05. The van der Waals surface area contributed by atoms with Crippen LogP contribution >= 0.6 is 23.2 Å². The molecule has 0 radical (unpaired) electrons. The quantitative estimate of drug-likeness (QED) is 0.702. The summed E-state index contributed by atoms with van der Waals surface area (Å²) in [6.45, 7) is 4.06. The van der Waals surface area contributed by atoms with Crippen molar-refractivity contribution >= 4 is 23.2 Å². The topological polar surface area (TPSA) is 12.9 Å². The Morgan fingerprint density at radius 2 is 2.23 bits per heavy atom. The molecule has 0 N–H and O–H groups in total. The maximum atomic E-state index is 6.05. The van der Waals surface area contributed by atoms with Crippen molar-refractivity contribution in [1.29, 1.82) is 0 Å². The molecule has 1 rings (SSSR count). The minimum Gasteiger partial charge on any atom is -0.259 e. The molecule has 2 atom stereocenters. The molecule has 0 spiro atoms. The summed E-state index contributed by atoms with van der Waals surface area (Å²) in [7, 11) is 0. The van der Waals surface area contributed by atoms with Crippen molar-refractivity contribution in [3.05, 3.63) is 29.0 Å². The molecule has 1 heterocycles. The third kappa shape index (κ3) is 2.58. The van der Waals surface area contributed by atoms with Crippen molar-refractivity contribution in [2.24, 2.45) is 0 Å². The second kappa shape index (κ2) is 4.83. The van der Waals surface area contributed by atoms with Crippen LogP contribution in [0.5, 0.6) is 0 Å². The largest absolute Gasteiger partial charge is 0.259 e. The van der Waals surface area contributed by atoms with E-state index in [1.54, 1.807) is 6.20 Å². The number of rotatable bonds is 3. The molecule has 0 aromatic carbocycles. The normalized spacial score (nSPS) is 15.4. The number of pyridine rings is 1. The molecule has 0 aliphatic rings. The van der Waals surface area contributed by atoms with E-state index >= 15 is 0 Å². The predicted octanol–water partition coefficient (Wildman–Crippen LogP) is 3.86. The van der Waals surface area contributed by atoms with Crippen LogP contribution in [0.2, 0.25) is 5.02 Å². The molecule has 3 heteroatoms. The molecular weight excluding hydrogens is 205 g/mol. The smallest absolute Gasteiger partial charge is 0.0634 e. The highest BCUT2D eigenvalue weighted by molar-refractivity contribution is 6.31. The summed E-state index contributed by atoms with van der Waals surface area (Å²) >= 11 is 12.1. The van der Waals surface area contributed by atoms with Crippen LogP contribution < -0.4 is 0 Å². The van der Waals surface area contributed by atoms with Crippen LogP contribution in [-0.2, 0) is 0 Å². The highest BCUT2D eigenvalue weighted by atomic mass is 35.5. The first-order valence-electron chi connectivity index (χ1n) is 4.41. The van der Waals surface area contributed by atoms with Crippen LogP contribution in [0, 0.1) is 0 Å². The predicted molar refractivity (Wildman–Crippen MR) is 57.6 cm³/mol. The molecule has 0 saturated carbocycles. The molecular formula is C10H13Cl2N. The Bertz CT molecular complexity index is 273. The summed E-state index contributed by atoms with van der Waals surface area (Å²) in [5.74, 6) is 0.246. The monoisotopic (exact) mass is 217 g/mol. The first-order chi connectivity index (χ1) is 6.16. The van der Waals surface area contributed by atoms with E-state index in [4.69, 9.17) is 23.2 Å². The molecule has 72 valence electrons. The number of aromatic nitrogens is 1. The van der Waals surface area contributed by atoms with Crippen molar-refractivity contribution in [3.8, 4) is 0 Å². The van der Waals surface area contributed by atoms with Gasteiger partial charge >= 0.3 is 0 Å². The first-order valence-corrected chi connectivity index (χ1v) is 5.22. The number of halogens is 2. The Morgan fingerprint density at radius 1 is 1.54 bits per heavy atom. The van der Waals surface area contributed by atoms with Gasteiger partial charge in [0.25, 0.3) is 0 Å². The van der Waals surface area contributed by atoms with Gasteiger partial charge in [0.15, 0.2) is 0 Å². The third-order valence-electron chi connectivity index (χ3n) is 2.13. The molecule has 1 aromatic rings. The lowest BCUT2D eigenvalue weighted by Crippen LogP contribution is -2.10. The second-order valence-electron chi connectivity index (χ2n) is 3.06. The fourth-order valence-electron chi connectivity index (χ4n) is 1.41. The van der Waals surface area contributed by atoms with Gasteiger partial charge in [-0.1, -0.05) is 18.5 Å². The lowest BCUT2D eigenvalue weighted by atomic mass is 9.98. The zero-order valence-electron chi connectivity index (χ0n) is 7.80. The van der Waals surface area contributed by atoms with Gasteiger partial charge in [0.05, 0.1) is 10.7 Å². The summed E-state index contributed by atoms with van der Waals surface area (Å²) in [5.41, 5.74) is 0.911. The number of hydrogen-bond donors (Lipinski definition) is 0.